The molecule has 1 aliphatic heterocycles. The summed E-state index contributed by atoms with van der Waals surface area (Å²) in [5, 5.41) is 8.89. The lowest BCUT2D eigenvalue weighted by molar-refractivity contribution is -0.130. The predicted molar refractivity (Wildman–Crippen MR) is 118 cm³/mol. The van der Waals surface area contributed by atoms with Crippen molar-refractivity contribution in [1.82, 2.24) is 20.9 Å². The van der Waals surface area contributed by atoms with Gasteiger partial charge < -0.3 is 16.0 Å². The second-order valence-electron chi connectivity index (χ2n) is 6.96. The minimum absolute atomic E-state index is 0. The molecule has 3 N–H and O–H groups in total. The van der Waals surface area contributed by atoms with Gasteiger partial charge in [-0.05, 0) is 44.4 Å². The van der Waals surface area contributed by atoms with E-state index in [1.165, 1.54) is 11.0 Å². The average Bonchev–Trinajstić information content (AvgIpc) is 2.89. The molecule has 2 rings (SSSR count). The van der Waals surface area contributed by atoms with E-state index in [1.807, 2.05) is 6.92 Å². The summed E-state index contributed by atoms with van der Waals surface area (Å²) in [5.74, 6) is -1.53. The van der Waals surface area contributed by atoms with Crippen LogP contribution in [0, 0.1) is 11.6 Å². The Morgan fingerprint density at radius 3 is 2.55 bits per heavy atom. The van der Waals surface area contributed by atoms with Crippen LogP contribution >= 0.6 is 24.0 Å². The standard InChI is InChI=1S/C19H27F2N5O2.HI/c1-5-19(3)16(27)26(18(28)25-19)10-6-9-23-17(22-4)24-12(2)13-7-8-14(20)15(21)11-13;/h7-8,11-12H,5-6,9-10H2,1-4H3,(H,25,28)(H2,22,23,24);1H. The zero-order valence-electron chi connectivity index (χ0n) is 17.0. The highest BCUT2D eigenvalue weighted by molar-refractivity contribution is 14.0. The smallest absolute Gasteiger partial charge is 0.325 e. The van der Waals surface area contributed by atoms with E-state index in [0.29, 0.717) is 37.5 Å². The molecule has 10 heteroatoms. The third kappa shape index (κ3) is 6.00. The van der Waals surface area contributed by atoms with Gasteiger partial charge in [-0.15, -0.1) is 24.0 Å². The fourth-order valence-electron chi connectivity index (χ4n) is 2.90. The summed E-state index contributed by atoms with van der Waals surface area (Å²) >= 11 is 0. The highest BCUT2D eigenvalue weighted by atomic mass is 127. The van der Waals surface area contributed by atoms with Crippen LogP contribution in [0.15, 0.2) is 23.2 Å². The van der Waals surface area contributed by atoms with E-state index in [0.717, 1.165) is 12.1 Å². The molecule has 1 fully saturated rings. The largest absolute Gasteiger partial charge is 0.356 e. The van der Waals surface area contributed by atoms with Crippen molar-refractivity contribution < 1.29 is 18.4 Å². The zero-order valence-corrected chi connectivity index (χ0v) is 19.3. The summed E-state index contributed by atoms with van der Waals surface area (Å²) in [6.07, 6.45) is 1.07. The molecule has 1 aromatic rings. The van der Waals surface area contributed by atoms with Gasteiger partial charge in [0.05, 0.1) is 6.04 Å². The molecule has 0 spiro atoms. The number of aliphatic imine (C=N–C) groups is 1. The van der Waals surface area contributed by atoms with Gasteiger partial charge in [0.2, 0.25) is 0 Å². The predicted octanol–water partition coefficient (Wildman–Crippen LogP) is 2.92. The number of urea groups is 1. The quantitative estimate of drug-likeness (QED) is 0.169. The van der Waals surface area contributed by atoms with Crippen molar-refractivity contribution in [2.75, 3.05) is 20.1 Å². The monoisotopic (exact) mass is 523 g/mol. The number of guanidine groups is 1. The van der Waals surface area contributed by atoms with Crippen LogP contribution in [-0.4, -0.2) is 48.5 Å². The summed E-state index contributed by atoms with van der Waals surface area (Å²) in [6.45, 7) is 6.15. The van der Waals surface area contributed by atoms with Crippen LogP contribution in [0.25, 0.3) is 0 Å². The third-order valence-electron chi connectivity index (χ3n) is 4.92. The van der Waals surface area contributed by atoms with Gasteiger partial charge in [0.1, 0.15) is 5.54 Å². The number of nitrogens with zero attached hydrogens (tertiary/aromatic N) is 2. The van der Waals surface area contributed by atoms with Crippen LogP contribution in [0.5, 0.6) is 0 Å². The first-order valence-electron chi connectivity index (χ1n) is 9.28. The number of carbonyl (C=O) groups is 2. The SMILES string of the molecule is CCC1(C)NC(=O)N(CCCNC(=NC)NC(C)c2ccc(F)c(F)c2)C1=O.I. The second kappa shape index (κ2) is 10.7. The number of halogens is 3. The number of imide groups is 1. The Bertz CT molecular complexity index is 777. The first kappa shape index (κ1) is 25.1. The van der Waals surface area contributed by atoms with E-state index in [1.54, 1.807) is 20.9 Å². The molecule has 2 atom stereocenters. The summed E-state index contributed by atoms with van der Waals surface area (Å²) in [5.41, 5.74) is -0.248. The molecular formula is C19H28F2IN5O2. The molecule has 7 nitrogen and oxygen atoms in total. The van der Waals surface area contributed by atoms with E-state index in [2.05, 4.69) is 20.9 Å². The molecule has 1 aliphatic rings. The van der Waals surface area contributed by atoms with Crippen molar-refractivity contribution >= 4 is 41.9 Å². The van der Waals surface area contributed by atoms with Crippen molar-refractivity contribution in [3.8, 4) is 0 Å². The van der Waals surface area contributed by atoms with Gasteiger partial charge >= 0.3 is 6.03 Å². The van der Waals surface area contributed by atoms with E-state index in [9.17, 15) is 18.4 Å². The van der Waals surface area contributed by atoms with E-state index in [4.69, 9.17) is 0 Å². The van der Waals surface area contributed by atoms with Crippen molar-refractivity contribution in [2.24, 2.45) is 4.99 Å². The van der Waals surface area contributed by atoms with E-state index in [-0.39, 0.29) is 42.0 Å². The molecule has 1 heterocycles. The van der Waals surface area contributed by atoms with E-state index < -0.39 is 17.2 Å². The topological polar surface area (TPSA) is 85.8 Å². The highest BCUT2D eigenvalue weighted by Gasteiger charge is 2.45. The Morgan fingerprint density at radius 1 is 1.31 bits per heavy atom. The minimum Gasteiger partial charge on any atom is -0.356 e. The first-order chi connectivity index (χ1) is 13.2. The molecule has 0 aromatic heterocycles. The van der Waals surface area contributed by atoms with E-state index >= 15 is 0 Å². The lowest BCUT2D eigenvalue weighted by Gasteiger charge is -2.20. The Hall–Kier alpha value is -1.98. The molecule has 0 aliphatic carbocycles. The summed E-state index contributed by atoms with van der Waals surface area (Å²) < 4.78 is 26.4. The third-order valence-corrected chi connectivity index (χ3v) is 4.92. The van der Waals surface area contributed by atoms with Gasteiger partial charge in [-0.25, -0.2) is 13.6 Å². The number of amides is 3. The van der Waals surface area contributed by atoms with Crippen molar-refractivity contribution in [3.63, 3.8) is 0 Å². The van der Waals surface area contributed by atoms with Gasteiger partial charge in [-0.2, -0.15) is 0 Å². The van der Waals surface area contributed by atoms with Gasteiger partial charge in [0, 0.05) is 20.1 Å². The highest BCUT2D eigenvalue weighted by Crippen LogP contribution is 2.20. The fraction of sp³-hybridized carbons (Fsp3) is 0.526. The molecule has 1 aromatic carbocycles. The Labute approximate surface area is 186 Å². The van der Waals surface area contributed by atoms with Crippen LogP contribution in [0.3, 0.4) is 0 Å². The number of carbonyl (C=O) groups excluding carboxylic acids is 2. The average molecular weight is 523 g/mol. The Kier molecular flexibility index (Phi) is 9.24. The Morgan fingerprint density at radius 2 is 2.00 bits per heavy atom. The van der Waals surface area contributed by atoms with Crippen LogP contribution in [-0.2, 0) is 4.79 Å². The summed E-state index contributed by atoms with van der Waals surface area (Å²) in [7, 11) is 1.59. The molecule has 0 radical (unpaired) electrons. The normalized spacial score (nSPS) is 20.2. The van der Waals surface area contributed by atoms with Crippen molar-refractivity contribution in [3.05, 3.63) is 35.4 Å². The first-order valence-corrected chi connectivity index (χ1v) is 9.28. The molecule has 2 unspecified atom stereocenters. The van der Waals surface area contributed by atoms with Gasteiger partial charge in [0.25, 0.3) is 5.91 Å². The molecule has 0 saturated carbocycles. The lowest BCUT2D eigenvalue weighted by Crippen LogP contribution is -2.43. The Balaban J connectivity index is 0.00000420. The van der Waals surface area contributed by atoms with Crippen LogP contribution in [0.2, 0.25) is 0 Å². The van der Waals surface area contributed by atoms with Gasteiger partial charge in [0.15, 0.2) is 17.6 Å². The fourth-order valence-corrected chi connectivity index (χ4v) is 2.90. The van der Waals surface area contributed by atoms with Crippen LogP contribution in [0.4, 0.5) is 13.6 Å². The summed E-state index contributed by atoms with van der Waals surface area (Å²) in [4.78, 5) is 29.6. The number of rotatable bonds is 7. The molecule has 3 amide bonds. The van der Waals surface area contributed by atoms with Gasteiger partial charge in [-0.3, -0.25) is 14.7 Å². The maximum absolute atomic E-state index is 13.4. The van der Waals surface area contributed by atoms with Crippen molar-refractivity contribution in [2.45, 2.75) is 45.2 Å². The number of nitrogens with one attached hydrogen (secondary N) is 3. The maximum Gasteiger partial charge on any atom is 0.325 e. The minimum atomic E-state index is -0.901. The summed E-state index contributed by atoms with van der Waals surface area (Å²) in [6, 6.07) is 3.07. The molecular weight excluding hydrogens is 495 g/mol. The van der Waals surface area contributed by atoms with Crippen LogP contribution in [0.1, 0.15) is 45.2 Å². The second-order valence-corrected chi connectivity index (χ2v) is 6.96. The molecule has 1 saturated heterocycles. The zero-order chi connectivity index (χ0) is 20.9. The number of hydrogen-bond acceptors (Lipinski definition) is 3. The molecule has 29 heavy (non-hydrogen) atoms. The number of benzene rings is 1. The molecule has 162 valence electrons. The number of hydrogen-bond donors (Lipinski definition) is 3. The maximum atomic E-state index is 13.4. The van der Waals surface area contributed by atoms with Crippen molar-refractivity contribution in [1.29, 1.82) is 0 Å². The van der Waals surface area contributed by atoms with Crippen LogP contribution < -0.4 is 16.0 Å². The van der Waals surface area contributed by atoms with Gasteiger partial charge in [-0.1, -0.05) is 13.0 Å². The lowest BCUT2D eigenvalue weighted by atomic mass is 9.99. The molecule has 0 bridgehead atoms.